The third-order valence-electron chi connectivity index (χ3n) is 1.81. The molecule has 67 valence electrons. The van der Waals surface area contributed by atoms with Crippen molar-refractivity contribution >= 4 is 11.9 Å². The van der Waals surface area contributed by atoms with E-state index in [1.807, 2.05) is 26.0 Å². The number of nitrogen functional groups attached to an aromatic ring is 1. The van der Waals surface area contributed by atoms with Gasteiger partial charge in [0.2, 0.25) is 0 Å². The number of benzene rings is 1. The van der Waals surface area contributed by atoms with Gasteiger partial charge in [-0.15, -0.1) is 0 Å². The van der Waals surface area contributed by atoms with Gasteiger partial charge >= 0.3 is 0 Å². The Kier molecular flexibility index (Phi) is 1.55. The highest BCUT2D eigenvalue weighted by Gasteiger charge is 2.22. The fraction of sp³-hybridized carbons (Fsp3) is 0.300. The zero-order valence-corrected chi connectivity index (χ0v) is 7.66. The van der Waals surface area contributed by atoms with E-state index < -0.39 is 5.72 Å². The van der Waals surface area contributed by atoms with Crippen LogP contribution in [0.3, 0.4) is 0 Å². The second-order valence-electron chi connectivity index (χ2n) is 3.53. The second kappa shape index (κ2) is 2.49. The molecule has 0 aliphatic carbocycles. The van der Waals surface area contributed by atoms with Crippen LogP contribution in [0.2, 0.25) is 0 Å². The Morgan fingerprint density at radius 3 is 3.00 bits per heavy atom. The van der Waals surface area contributed by atoms with Crippen LogP contribution < -0.4 is 10.5 Å². The van der Waals surface area contributed by atoms with Gasteiger partial charge in [-0.2, -0.15) is 0 Å². The molecule has 1 aliphatic rings. The van der Waals surface area contributed by atoms with Crippen LogP contribution in [-0.4, -0.2) is 11.9 Å². The van der Waals surface area contributed by atoms with E-state index in [0.29, 0.717) is 5.69 Å². The zero-order valence-electron chi connectivity index (χ0n) is 7.66. The van der Waals surface area contributed by atoms with E-state index in [1.165, 1.54) is 0 Å². The minimum Gasteiger partial charge on any atom is -0.466 e. The van der Waals surface area contributed by atoms with Gasteiger partial charge in [-0.3, -0.25) is 0 Å². The molecule has 0 aromatic heterocycles. The molecule has 0 saturated heterocycles. The molecular formula is C10H11N2O. The topological polar surface area (TPSA) is 47.6 Å². The van der Waals surface area contributed by atoms with Gasteiger partial charge < -0.3 is 10.5 Å². The first-order valence-electron chi connectivity index (χ1n) is 4.13. The lowest BCUT2D eigenvalue weighted by molar-refractivity contribution is 0.116. The molecule has 0 amide bonds. The number of hydrogen-bond acceptors (Lipinski definition) is 3. The normalized spacial score (nSPS) is 17.7. The average Bonchev–Trinajstić information content (AvgIpc) is 2.05. The number of fused-ring (bicyclic) bond motifs is 1. The van der Waals surface area contributed by atoms with Gasteiger partial charge in [-0.05, 0) is 32.0 Å². The van der Waals surface area contributed by atoms with Crippen LogP contribution in [0.5, 0.6) is 5.75 Å². The van der Waals surface area contributed by atoms with E-state index in [2.05, 4.69) is 11.2 Å². The summed E-state index contributed by atoms with van der Waals surface area (Å²) in [4.78, 5) is 4.12. The summed E-state index contributed by atoms with van der Waals surface area (Å²) in [6, 6.07) is 5.45. The van der Waals surface area contributed by atoms with Crippen molar-refractivity contribution in [1.82, 2.24) is 0 Å². The SMILES string of the molecule is CC1(C)N=[C]c2cc(N)ccc2O1. The van der Waals surface area contributed by atoms with Crippen molar-refractivity contribution < 1.29 is 4.74 Å². The van der Waals surface area contributed by atoms with Crippen LogP contribution in [0.1, 0.15) is 19.4 Å². The summed E-state index contributed by atoms with van der Waals surface area (Å²) in [5.74, 6) is 0.786. The standard InChI is InChI=1S/C10H11N2O/c1-10(2)12-6-7-5-8(11)3-4-9(7)13-10/h3-5H,11H2,1-2H3. The van der Waals surface area contributed by atoms with Gasteiger partial charge in [-0.25, -0.2) is 4.99 Å². The summed E-state index contributed by atoms with van der Waals surface area (Å²) in [7, 11) is 0. The minimum atomic E-state index is -0.511. The summed E-state index contributed by atoms with van der Waals surface area (Å²) in [6.45, 7) is 3.78. The molecule has 3 nitrogen and oxygen atoms in total. The van der Waals surface area contributed by atoms with Gasteiger partial charge in [0.15, 0.2) is 5.72 Å². The highest BCUT2D eigenvalue weighted by molar-refractivity contribution is 5.86. The van der Waals surface area contributed by atoms with E-state index >= 15 is 0 Å². The molecule has 1 aliphatic heterocycles. The zero-order chi connectivity index (χ0) is 9.47. The Morgan fingerprint density at radius 2 is 2.23 bits per heavy atom. The van der Waals surface area contributed by atoms with Crippen molar-refractivity contribution in [3.05, 3.63) is 23.8 Å². The number of aliphatic imine (C=N–C) groups is 1. The number of nitrogens with zero attached hydrogens (tertiary/aromatic N) is 1. The third kappa shape index (κ3) is 1.49. The summed E-state index contributed by atoms with van der Waals surface area (Å²) in [5.41, 5.74) is 6.62. The molecule has 1 aromatic rings. The number of anilines is 1. The van der Waals surface area contributed by atoms with Crippen LogP contribution in [0, 0.1) is 0 Å². The molecule has 0 unspecified atom stereocenters. The lowest BCUT2D eigenvalue weighted by Gasteiger charge is -2.26. The predicted octanol–water partition coefficient (Wildman–Crippen LogP) is 1.69. The summed E-state index contributed by atoms with van der Waals surface area (Å²) in [5, 5.41) is 0. The van der Waals surface area contributed by atoms with E-state index in [0.717, 1.165) is 11.3 Å². The van der Waals surface area contributed by atoms with Crippen molar-refractivity contribution in [2.45, 2.75) is 19.6 Å². The molecular weight excluding hydrogens is 164 g/mol. The molecule has 2 N–H and O–H groups in total. The molecule has 3 heteroatoms. The fourth-order valence-corrected chi connectivity index (χ4v) is 1.21. The van der Waals surface area contributed by atoms with Crippen LogP contribution in [0.4, 0.5) is 5.69 Å². The maximum atomic E-state index is 5.61. The Balaban J connectivity index is 2.47. The van der Waals surface area contributed by atoms with Crippen LogP contribution in [-0.2, 0) is 0 Å². The minimum absolute atomic E-state index is 0.511. The van der Waals surface area contributed by atoms with Gasteiger partial charge in [0.05, 0.1) is 6.21 Å². The van der Waals surface area contributed by atoms with Gasteiger partial charge in [0.1, 0.15) is 5.75 Å². The first-order chi connectivity index (χ1) is 6.07. The lowest BCUT2D eigenvalue weighted by Crippen LogP contribution is -2.28. The van der Waals surface area contributed by atoms with E-state index in [9.17, 15) is 0 Å². The number of ether oxygens (including phenoxy) is 1. The van der Waals surface area contributed by atoms with Crippen molar-refractivity contribution in [2.24, 2.45) is 4.99 Å². The molecule has 0 saturated carbocycles. The molecule has 13 heavy (non-hydrogen) atoms. The molecule has 0 atom stereocenters. The Bertz CT molecular complexity index is 369. The van der Waals surface area contributed by atoms with Crippen LogP contribution in [0.25, 0.3) is 0 Å². The monoisotopic (exact) mass is 175 g/mol. The molecule has 1 aromatic carbocycles. The largest absolute Gasteiger partial charge is 0.466 e. The van der Waals surface area contributed by atoms with Crippen LogP contribution >= 0.6 is 0 Å². The maximum absolute atomic E-state index is 5.61. The van der Waals surface area contributed by atoms with Crippen molar-refractivity contribution in [3.63, 3.8) is 0 Å². The Labute approximate surface area is 77.2 Å². The quantitative estimate of drug-likeness (QED) is 0.610. The number of hydrogen-bond donors (Lipinski definition) is 1. The summed E-state index contributed by atoms with van der Waals surface area (Å²) < 4.78 is 5.59. The predicted molar refractivity (Wildman–Crippen MR) is 52.1 cm³/mol. The number of nitrogens with two attached hydrogens (primary N) is 1. The summed E-state index contributed by atoms with van der Waals surface area (Å²) >= 11 is 0. The van der Waals surface area contributed by atoms with E-state index in [4.69, 9.17) is 10.5 Å². The Morgan fingerprint density at radius 1 is 1.46 bits per heavy atom. The van der Waals surface area contributed by atoms with E-state index in [-0.39, 0.29) is 0 Å². The number of rotatable bonds is 0. The van der Waals surface area contributed by atoms with Crippen molar-refractivity contribution in [3.8, 4) is 5.75 Å². The molecule has 0 bridgehead atoms. The molecule has 0 spiro atoms. The van der Waals surface area contributed by atoms with Gasteiger partial charge in [0.25, 0.3) is 0 Å². The maximum Gasteiger partial charge on any atom is 0.195 e. The third-order valence-corrected chi connectivity index (χ3v) is 1.81. The molecule has 1 radical (unpaired) electrons. The average molecular weight is 175 g/mol. The summed E-state index contributed by atoms with van der Waals surface area (Å²) in [6.07, 6.45) is 2.91. The highest BCUT2D eigenvalue weighted by atomic mass is 16.5. The fourth-order valence-electron chi connectivity index (χ4n) is 1.21. The van der Waals surface area contributed by atoms with Gasteiger partial charge in [-0.1, -0.05) is 0 Å². The van der Waals surface area contributed by atoms with E-state index in [1.54, 1.807) is 6.07 Å². The highest BCUT2D eigenvalue weighted by Crippen LogP contribution is 2.28. The molecule has 0 fully saturated rings. The van der Waals surface area contributed by atoms with Crippen molar-refractivity contribution in [2.75, 3.05) is 5.73 Å². The van der Waals surface area contributed by atoms with Crippen LogP contribution in [0.15, 0.2) is 23.2 Å². The molecule has 1 heterocycles. The first kappa shape index (κ1) is 8.10. The first-order valence-corrected chi connectivity index (χ1v) is 4.13. The second-order valence-corrected chi connectivity index (χ2v) is 3.53. The lowest BCUT2D eigenvalue weighted by atomic mass is 10.1. The van der Waals surface area contributed by atoms with Crippen molar-refractivity contribution in [1.29, 1.82) is 0 Å². The molecule has 2 rings (SSSR count). The Hall–Kier alpha value is -1.51. The van der Waals surface area contributed by atoms with Gasteiger partial charge in [0, 0.05) is 11.3 Å². The smallest absolute Gasteiger partial charge is 0.195 e.